The lowest BCUT2D eigenvalue weighted by molar-refractivity contribution is 0.155. The first-order valence-electron chi connectivity index (χ1n) is 9.54. The maximum atomic E-state index is 4.16. The second kappa shape index (κ2) is 8.98. The second-order valence-electron chi connectivity index (χ2n) is 7.08. The molecule has 0 aliphatic heterocycles. The molecule has 1 aliphatic rings. The highest BCUT2D eigenvalue weighted by Crippen LogP contribution is 2.35. The highest BCUT2D eigenvalue weighted by Gasteiger charge is 2.24. The Balaban J connectivity index is 1.78. The zero-order valence-corrected chi connectivity index (χ0v) is 14.9. The maximum absolute atomic E-state index is 4.16. The molecule has 1 aliphatic carbocycles. The molecule has 2 heteroatoms. The molecule has 1 unspecified atom stereocenters. The summed E-state index contributed by atoms with van der Waals surface area (Å²) >= 11 is 0. The minimum absolute atomic E-state index is 0.521. The van der Waals surface area contributed by atoms with E-state index >= 15 is 0 Å². The molecule has 0 N–H and O–H groups in total. The molecule has 2 nitrogen and oxygen atoms in total. The first-order valence-corrected chi connectivity index (χ1v) is 9.54. The second-order valence-corrected chi connectivity index (χ2v) is 7.08. The number of nitrogens with zero attached hydrogens (tertiary/aromatic N) is 2. The molecule has 0 saturated heterocycles. The van der Waals surface area contributed by atoms with E-state index in [4.69, 9.17) is 0 Å². The highest BCUT2D eigenvalue weighted by molar-refractivity contribution is 5.20. The molecule has 0 radical (unpaired) electrons. The van der Waals surface area contributed by atoms with Gasteiger partial charge in [-0.25, -0.2) is 0 Å². The summed E-state index contributed by atoms with van der Waals surface area (Å²) in [6.45, 7) is 4.37. The molecule has 1 atom stereocenters. The number of pyridine rings is 1. The topological polar surface area (TPSA) is 16.1 Å². The summed E-state index contributed by atoms with van der Waals surface area (Å²) in [5.41, 5.74) is 2.83. The molecule has 1 aromatic carbocycles. The molecule has 3 rings (SSSR count). The van der Waals surface area contributed by atoms with Crippen molar-refractivity contribution in [3.05, 3.63) is 66.0 Å². The van der Waals surface area contributed by atoms with E-state index in [2.05, 4.69) is 59.3 Å². The van der Waals surface area contributed by atoms with Crippen molar-refractivity contribution >= 4 is 0 Å². The molecule has 0 spiro atoms. The van der Waals surface area contributed by atoms with Gasteiger partial charge in [-0.3, -0.25) is 9.88 Å². The van der Waals surface area contributed by atoms with Crippen molar-refractivity contribution in [3.8, 4) is 0 Å². The van der Waals surface area contributed by atoms with Crippen molar-refractivity contribution in [1.82, 2.24) is 9.88 Å². The van der Waals surface area contributed by atoms with Crippen molar-refractivity contribution < 1.29 is 0 Å². The Hall–Kier alpha value is -1.67. The van der Waals surface area contributed by atoms with Crippen LogP contribution in [-0.2, 0) is 6.54 Å². The molecule has 1 aromatic heterocycles. The van der Waals surface area contributed by atoms with E-state index in [9.17, 15) is 0 Å². The van der Waals surface area contributed by atoms with E-state index in [-0.39, 0.29) is 0 Å². The van der Waals surface area contributed by atoms with Crippen LogP contribution in [-0.4, -0.2) is 16.4 Å². The van der Waals surface area contributed by atoms with Crippen LogP contribution in [0.15, 0.2) is 54.9 Å². The van der Waals surface area contributed by atoms with Gasteiger partial charge in [0.25, 0.3) is 0 Å². The molecule has 1 heterocycles. The van der Waals surface area contributed by atoms with E-state index in [0.29, 0.717) is 6.04 Å². The largest absolute Gasteiger partial charge is 0.292 e. The third-order valence-electron chi connectivity index (χ3n) is 5.45. The standard InChI is InChI=1S/C22H30N2/c1-2-24(18-20-13-15-23-16-14-20)22(21-11-7-4-8-12-21)17-19-9-5-3-6-10-19/h4,7-8,11-16,19,22H,2-3,5-6,9-10,17-18H2,1H3. The number of hydrogen-bond acceptors (Lipinski definition) is 2. The smallest absolute Gasteiger partial charge is 0.0354 e. The number of benzene rings is 1. The van der Waals surface area contributed by atoms with Crippen molar-refractivity contribution in [3.63, 3.8) is 0 Å². The predicted molar refractivity (Wildman–Crippen MR) is 101 cm³/mol. The fourth-order valence-electron chi connectivity index (χ4n) is 4.07. The van der Waals surface area contributed by atoms with Crippen LogP contribution < -0.4 is 0 Å². The van der Waals surface area contributed by atoms with Gasteiger partial charge >= 0.3 is 0 Å². The van der Waals surface area contributed by atoms with Gasteiger partial charge < -0.3 is 0 Å². The van der Waals surface area contributed by atoms with Crippen molar-refractivity contribution in [1.29, 1.82) is 0 Å². The van der Waals surface area contributed by atoms with Crippen molar-refractivity contribution in [2.75, 3.05) is 6.54 Å². The Morgan fingerprint density at radius 1 is 1.00 bits per heavy atom. The average molecular weight is 322 g/mol. The molecule has 24 heavy (non-hydrogen) atoms. The predicted octanol–water partition coefficient (Wildman–Crippen LogP) is 5.62. The van der Waals surface area contributed by atoms with Gasteiger partial charge in [-0.05, 0) is 42.1 Å². The van der Waals surface area contributed by atoms with E-state index < -0.39 is 0 Å². The molecule has 1 fully saturated rings. The molecular weight excluding hydrogens is 292 g/mol. The Labute approximate surface area is 146 Å². The number of aromatic nitrogens is 1. The van der Waals surface area contributed by atoms with Crippen LogP contribution in [0.3, 0.4) is 0 Å². The zero-order chi connectivity index (χ0) is 16.6. The van der Waals surface area contributed by atoms with E-state index in [1.54, 1.807) is 0 Å². The monoisotopic (exact) mass is 322 g/mol. The lowest BCUT2D eigenvalue weighted by Gasteiger charge is -2.35. The Kier molecular flexibility index (Phi) is 6.42. The molecule has 0 bridgehead atoms. The van der Waals surface area contributed by atoms with Gasteiger partial charge in [0, 0.05) is 25.0 Å². The molecule has 1 saturated carbocycles. The SMILES string of the molecule is CCN(Cc1ccncc1)C(CC1CCCCC1)c1ccccc1. The van der Waals surface area contributed by atoms with Crippen molar-refractivity contribution in [2.45, 2.75) is 58.0 Å². The average Bonchev–Trinajstić information content (AvgIpc) is 2.67. The first kappa shape index (κ1) is 17.2. The first-order chi connectivity index (χ1) is 11.9. The van der Waals surface area contributed by atoms with Crippen LogP contribution in [0.1, 0.15) is 62.6 Å². The fraction of sp³-hybridized carbons (Fsp3) is 0.500. The Bertz CT molecular complexity index is 575. The molecular formula is C22H30N2. The van der Waals surface area contributed by atoms with Crippen LogP contribution in [0.5, 0.6) is 0 Å². The van der Waals surface area contributed by atoms with Gasteiger partial charge in [0.2, 0.25) is 0 Å². The summed E-state index contributed by atoms with van der Waals surface area (Å²) in [6.07, 6.45) is 12.2. The van der Waals surface area contributed by atoms with Crippen LogP contribution in [0.2, 0.25) is 0 Å². The quantitative estimate of drug-likeness (QED) is 0.658. The maximum Gasteiger partial charge on any atom is 0.0354 e. The molecule has 0 amide bonds. The van der Waals surface area contributed by atoms with Gasteiger partial charge in [0.1, 0.15) is 0 Å². The summed E-state index contributed by atoms with van der Waals surface area (Å²) in [4.78, 5) is 6.79. The molecule has 128 valence electrons. The Morgan fingerprint density at radius 2 is 1.71 bits per heavy atom. The lowest BCUT2D eigenvalue weighted by atomic mass is 9.83. The molecule has 2 aromatic rings. The lowest BCUT2D eigenvalue weighted by Crippen LogP contribution is -2.30. The van der Waals surface area contributed by atoms with Crippen LogP contribution >= 0.6 is 0 Å². The highest BCUT2D eigenvalue weighted by atomic mass is 15.1. The van der Waals surface area contributed by atoms with Crippen LogP contribution in [0.4, 0.5) is 0 Å². The number of rotatable bonds is 7. The summed E-state index contributed by atoms with van der Waals surface area (Å²) < 4.78 is 0. The minimum atomic E-state index is 0.521. The fourth-order valence-corrected chi connectivity index (χ4v) is 4.07. The summed E-state index contributed by atoms with van der Waals surface area (Å²) in [6, 6.07) is 15.9. The van der Waals surface area contributed by atoms with E-state index in [1.807, 2.05) is 12.4 Å². The summed E-state index contributed by atoms with van der Waals surface area (Å²) in [7, 11) is 0. The summed E-state index contributed by atoms with van der Waals surface area (Å²) in [5.74, 6) is 0.885. The number of hydrogen-bond donors (Lipinski definition) is 0. The van der Waals surface area contributed by atoms with Gasteiger partial charge in [0.05, 0.1) is 0 Å². The van der Waals surface area contributed by atoms with Crippen molar-refractivity contribution in [2.24, 2.45) is 5.92 Å². The third-order valence-corrected chi connectivity index (χ3v) is 5.45. The Morgan fingerprint density at radius 3 is 2.38 bits per heavy atom. The normalized spacial score (nSPS) is 17.1. The van der Waals surface area contributed by atoms with Gasteiger partial charge in [-0.1, -0.05) is 69.4 Å². The zero-order valence-electron chi connectivity index (χ0n) is 14.9. The van der Waals surface area contributed by atoms with Crippen LogP contribution in [0, 0.1) is 5.92 Å². The van der Waals surface area contributed by atoms with E-state index in [1.165, 1.54) is 49.7 Å². The third kappa shape index (κ3) is 4.67. The van der Waals surface area contributed by atoms with E-state index in [0.717, 1.165) is 19.0 Å². The van der Waals surface area contributed by atoms with Gasteiger partial charge in [0.15, 0.2) is 0 Å². The van der Waals surface area contributed by atoms with Gasteiger partial charge in [-0.2, -0.15) is 0 Å². The van der Waals surface area contributed by atoms with Gasteiger partial charge in [-0.15, -0.1) is 0 Å². The summed E-state index contributed by atoms with van der Waals surface area (Å²) in [5, 5.41) is 0. The minimum Gasteiger partial charge on any atom is -0.292 e. The van der Waals surface area contributed by atoms with Crippen LogP contribution in [0.25, 0.3) is 0 Å².